The zero-order chi connectivity index (χ0) is 13.3. The Hall–Kier alpha value is -1.95. The minimum atomic E-state index is -0.660. The molecule has 0 spiro atoms. The molecule has 0 radical (unpaired) electrons. The zero-order valence-electron chi connectivity index (χ0n) is 9.22. The molecule has 0 fully saturated rings. The largest absolute Gasteiger partial charge is 0.336 e. The number of halogens is 3. The Bertz CT molecular complexity index is 657. The molecule has 2 aromatic rings. The van der Waals surface area contributed by atoms with E-state index in [-0.39, 0.29) is 22.1 Å². The quantitative estimate of drug-likeness (QED) is 0.883. The molecule has 0 bridgehead atoms. The maximum absolute atomic E-state index is 13.6. The highest BCUT2D eigenvalue weighted by molar-refractivity contribution is 6.32. The third-order valence-electron chi connectivity index (χ3n) is 2.30. The summed E-state index contributed by atoms with van der Waals surface area (Å²) in [6.45, 7) is 1.45. The Morgan fingerprint density at radius 3 is 2.78 bits per heavy atom. The van der Waals surface area contributed by atoms with Crippen molar-refractivity contribution in [3.05, 3.63) is 51.0 Å². The fourth-order valence-electron chi connectivity index (χ4n) is 1.34. The summed E-state index contributed by atoms with van der Waals surface area (Å²) in [7, 11) is 0. The van der Waals surface area contributed by atoms with E-state index in [4.69, 9.17) is 11.6 Å². The Balaban J connectivity index is 2.43. The second kappa shape index (κ2) is 4.73. The first-order valence-electron chi connectivity index (χ1n) is 4.95. The van der Waals surface area contributed by atoms with E-state index in [9.17, 15) is 13.6 Å². The number of nitrogens with zero attached hydrogens (tertiary/aromatic N) is 1. The van der Waals surface area contributed by atoms with E-state index in [2.05, 4.69) is 15.3 Å². The van der Waals surface area contributed by atoms with Crippen LogP contribution in [0.1, 0.15) is 5.56 Å². The predicted molar refractivity (Wildman–Crippen MR) is 64.2 cm³/mol. The van der Waals surface area contributed by atoms with Crippen LogP contribution in [0.5, 0.6) is 0 Å². The molecule has 0 aliphatic heterocycles. The average Bonchev–Trinajstić information content (AvgIpc) is 2.32. The second-order valence-corrected chi connectivity index (χ2v) is 3.98. The summed E-state index contributed by atoms with van der Waals surface area (Å²) in [5.41, 5.74) is -0.525. The molecule has 0 saturated carbocycles. The first-order chi connectivity index (χ1) is 8.49. The average molecular weight is 272 g/mol. The van der Waals surface area contributed by atoms with Gasteiger partial charge >= 0.3 is 0 Å². The van der Waals surface area contributed by atoms with E-state index in [0.717, 1.165) is 18.5 Å². The Kier molecular flexibility index (Phi) is 3.29. The lowest BCUT2D eigenvalue weighted by Crippen LogP contribution is -2.10. The Morgan fingerprint density at radius 2 is 2.06 bits per heavy atom. The van der Waals surface area contributed by atoms with Crippen molar-refractivity contribution in [2.24, 2.45) is 0 Å². The van der Waals surface area contributed by atoms with Gasteiger partial charge in [0.25, 0.3) is 5.56 Å². The van der Waals surface area contributed by atoms with Gasteiger partial charge in [-0.15, -0.1) is 0 Å². The van der Waals surface area contributed by atoms with Crippen molar-refractivity contribution in [3.63, 3.8) is 0 Å². The molecule has 0 atom stereocenters. The summed E-state index contributed by atoms with van der Waals surface area (Å²) in [5, 5.41) is 2.25. The monoisotopic (exact) mass is 271 g/mol. The van der Waals surface area contributed by atoms with Gasteiger partial charge < -0.3 is 10.3 Å². The number of nitrogens with one attached hydrogen (secondary N) is 2. The lowest BCUT2D eigenvalue weighted by molar-refractivity contribution is 0.595. The van der Waals surface area contributed by atoms with Gasteiger partial charge in [0, 0.05) is 6.07 Å². The first kappa shape index (κ1) is 12.5. The van der Waals surface area contributed by atoms with E-state index in [0.29, 0.717) is 0 Å². The summed E-state index contributed by atoms with van der Waals surface area (Å²) >= 11 is 5.68. The molecular weight excluding hydrogens is 264 g/mol. The van der Waals surface area contributed by atoms with Gasteiger partial charge in [-0.2, -0.15) is 0 Å². The molecule has 7 heteroatoms. The lowest BCUT2D eigenvalue weighted by atomic mass is 10.2. The number of rotatable bonds is 2. The van der Waals surface area contributed by atoms with Gasteiger partial charge in [-0.3, -0.25) is 4.79 Å². The van der Waals surface area contributed by atoms with Crippen LogP contribution in [-0.2, 0) is 0 Å². The highest BCUT2D eigenvalue weighted by atomic mass is 35.5. The van der Waals surface area contributed by atoms with Gasteiger partial charge in [0.2, 0.25) is 0 Å². The van der Waals surface area contributed by atoms with E-state index >= 15 is 0 Å². The van der Waals surface area contributed by atoms with Crippen LogP contribution in [0.25, 0.3) is 0 Å². The van der Waals surface area contributed by atoms with Gasteiger partial charge in [-0.05, 0) is 18.6 Å². The van der Waals surface area contributed by atoms with Crippen molar-refractivity contribution >= 4 is 23.1 Å². The smallest absolute Gasteiger partial charge is 0.271 e. The van der Waals surface area contributed by atoms with Crippen molar-refractivity contribution in [2.45, 2.75) is 6.92 Å². The molecule has 0 amide bonds. The Morgan fingerprint density at radius 1 is 1.33 bits per heavy atom. The van der Waals surface area contributed by atoms with Crippen molar-refractivity contribution in [1.82, 2.24) is 9.97 Å². The Labute approximate surface area is 106 Å². The summed E-state index contributed by atoms with van der Waals surface area (Å²) in [5.74, 6) is -1.27. The summed E-state index contributed by atoms with van der Waals surface area (Å²) in [6.07, 6.45) is 1.11. The number of aromatic amines is 1. The zero-order valence-corrected chi connectivity index (χ0v) is 9.98. The number of anilines is 2. The molecule has 0 saturated heterocycles. The number of H-pyrrole nitrogens is 1. The van der Waals surface area contributed by atoms with Gasteiger partial charge in [-0.1, -0.05) is 11.6 Å². The minimum Gasteiger partial charge on any atom is -0.336 e. The number of aromatic nitrogens is 2. The number of benzene rings is 1. The predicted octanol–water partition coefficient (Wildman–Crippen LogP) is 2.75. The third-order valence-corrected chi connectivity index (χ3v) is 2.65. The normalized spacial score (nSPS) is 10.4. The molecule has 2 N–H and O–H groups in total. The van der Waals surface area contributed by atoms with Crippen molar-refractivity contribution in [3.8, 4) is 0 Å². The number of aryl methyl sites for hydroxylation is 1. The van der Waals surface area contributed by atoms with Gasteiger partial charge in [0.15, 0.2) is 5.82 Å². The van der Waals surface area contributed by atoms with Crippen LogP contribution in [0.2, 0.25) is 5.02 Å². The lowest BCUT2D eigenvalue weighted by Gasteiger charge is -2.08. The fraction of sp³-hybridized carbons (Fsp3) is 0.0909. The van der Waals surface area contributed by atoms with Crippen LogP contribution in [0, 0.1) is 18.6 Å². The SMILES string of the molecule is Cc1cc(F)c(Nc2nc[nH]c(=O)c2Cl)cc1F. The summed E-state index contributed by atoms with van der Waals surface area (Å²) in [6, 6.07) is 2.02. The van der Waals surface area contributed by atoms with E-state index in [1.807, 2.05) is 0 Å². The van der Waals surface area contributed by atoms with E-state index in [1.165, 1.54) is 6.92 Å². The standard InChI is InChI=1S/C11H8ClF2N3O/c1-5-2-7(14)8(3-6(5)13)17-10-9(12)11(18)16-4-15-10/h2-4H,1H3,(H2,15,16,17,18). The van der Waals surface area contributed by atoms with Crippen LogP contribution in [0.4, 0.5) is 20.3 Å². The summed E-state index contributed by atoms with van der Waals surface area (Å²) < 4.78 is 26.9. The van der Waals surface area contributed by atoms with Crippen molar-refractivity contribution in [2.75, 3.05) is 5.32 Å². The highest BCUT2D eigenvalue weighted by Gasteiger charge is 2.11. The molecule has 1 heterocycles. The van der Waals surface area contributed by atoms with Crippen LogP contribution < -0.4 is 10.9 Å². The second-order valence-electron chi connectivity index (χ2n) is 3.60. The fourth-order valence-corrected chi connectivity index (χ4v) is 1.49. The molecular formula is C11H8ClF2N3O. The molecule has 0 aliphatic rings. The maximum Gasteiger partial charge on any atom is 0.271 e. The van der Waals surface area contributed by atoms with Gasteiger partial charge in [0.1, 0.15) is 16.7 Å². The number of hydrogen-bond donors (Lipinski definition) is 2. The summed E-state index contributed by atoms with van der Waals surface area (Å²) in [4.78, 5) is 17.2. The molecule has 1 aromatic heterocycles. The van der Waals surface area contributed by atoms with Crippen LogP contribution in [0.3, 0.4) is 0 Å². The van der Waals surface area contributed by atoms with Crippen LogP contribution >= 0.6 is 11.6 Å². The molecule has 4 nitrogen and oxygen atoms in total. The van der Waals surface area contributed by atoms with E-state index < -0.39 is 17.2 Å². The molecule has 1 aromatic carbocycles. The highest BCUT2D eigenvalue weighted by Crippen LogP contribution is 2.24. The van der Waals surface area contributed by atoms with Crippen molar-refractivity contribution < 1.29 is 8.78 Å². The first-order valence-corrected chi connectivity index (χ1v) is 5.32. The third kappa shape index (κ3) is 2.33. The molecule has 18 heavy (non-hydrogen) atoms. The maximum atomic E-state index is 13.6. The van der Waals surface area contributed by atoms with Gasteiger partial charge in [0.05, 0.1) is 12.0 Å². The van der Waals surface area contributed by atoms with Gasteiger partial charge in [-0.25, -0.2) is 13.8 Å². The topological polar surface area (TPSA) is 57.8 Å². The minimum absolute atomic E-state index is 0.0393. The molecule has 2 rings (SSSR count). The molecule has 0 aliphatic carbocycles. The number of hydrogen-bond acceptors (Lipinski definition) is 3. The molecule has 0 unspecified atom stereocenters. The van der Waals surface area contributed by atoms with Crippen molar-refractivity contribution in [1.29, 1.82) is 0 Å². The van der Waals surface area contributed by atoms with Crippen LogP contribution in [-0.4, -0.2) is 9.97 Å². The van der Waals surface area contributed by atoms with Crippen LogP contribution in [0.15, 0.2) is 23.3 Å². The molecule has 94 valence electrons. The van der Waals surface area contributed by atoms with E-state index in [1.54, 1.807) is 0 Å².